The summed E-state index contributed by atoms with van der Waals surface area (Å²) in [7, 11) is 0. The van der Waals surface area contributed by atoms with Gasteiger partial charge in [0.05, 0.1) is 23.8 Å². The molecule has 2 aliphatic heterocycles. The number of halogens is 1. The summed E-state index contributed by atoms with van der Waals surface area (Å²) < 4.78 is 16.9. The number of piperidine rings is 2. The zero-order chi connectivity index (χ0) is 21.5. The van der Waals surface area contributed by atoms with Gasteiger partial charge in [-0.05, 0) is 42.9 Å². The van der Waals surface area contributed by atoms with Crippen LogP contribution in [0.4, 0.5) is 4.39 Å². The molecule has 0 saturated carbocycles. The molecule has 0 aliphatic carbocycles. The molecule has 0 spiro atoms. The van der Waals surface area contributed by atoms with E-state index in [0.29, 0.717) is 41.0 Å². The molecule has 3 aromatic rings. The molecule has 5 rings (SSSR count). The van der Waals surface area contributed by atoms with Gasteiger partial charge < -0.3 is 15.0 Å². The van der Waals surface area contributed by atoms with Gasteiger partial charge in [0.1, 0.15) is 17.6 Å². The second kappa shape index (κ2) is 7.85. The van der Waals surface area contributed by atoms with Crippen LogP contribution in [0.15, 0.2) is 49.7 Å². The van der Waals surface area contributed by atoms with Gasteiger partial charge in [-0.15, -0.1) is 10.2 Å². The largest absolute Gasteiger partial charge is 0.507 e. The number of nitrogens with zero attached hydrogens (tertiary/aromatic N) is 5. The molecule has 1 aromatic carbocycles. The number of hydrogen-bond donors (Lipinski definition) is 2. The lowest BCUT2D eigenvalue weighted by molar-refractivity contribution is 0.0773. The lowest BCUT2D eigenvalue weighted by Crippen LogP contribution is -2.57. The zero-order valence-electron chi connectivity index (χ0n) is 17.3. The molecule has 5 atom stereocenters. The van der Waals surface area contributed by atoms with E-state index in [2.05, 4.69) is 39.0 Å². The average Bonchev–Trinajstić information content (AvgIpc) is 3.31. The maximum absolute atomic E-state index is 15.1. The van der Waals surface area contributed by atoms with E-state index in [9.17, 15) is 5.11 Å². The van der Waals surface area contributed by atoms with Crippen molar-refractivity contribution < 1.29 is 9.50 Å². The van der Waals surface area contributed by atoms with Crippen LogP contribution in [0.25, 0.3) is 22.6 Å². The molecule has 160 valence electrons. The van der Waals surface area contributed by atoms with Crippen molar-refractivity contribution in [2.45, 2.75) is 44.4 Å². The summed E-state index contributed by atoms with van der Waals surface area (Å²) in [4.78, 5) is 8.38. The molecule has 2 bridgehead atoms. The summed E-state index contributed by atoms with van der Waals surface area (Å²) in [6.07, 6.45) is 8.31. The molecule has 2 saturated heterocycles. The number of allylic oxidation sites excluding steroid dienone is 1. The first-order chi connectivity index (χ1) is 15.0. The van der Waals surface area contributed by atoms with E-state index in [-0.39, 0.29) is 17.7 Å². The van der Waals surface area contributed by atoms with E-state index >= 15 is 4.39 Å². The number of nitrogens with one attached hydrogen (secondary N) is 1. The summed E-state index contributed by atoms with van der Waals surface area (Å²) >= 11 is 0. The summed E-state index contributed by atoms with van der Waals surface area (Å²) in [5.41, 5.74) is 2.39. The van der Waals surface area contributed by atoms with E-state index in [0.717, 1.165) is 18.5 Å². The predicted molar refractivity (Wildman–Crippen MR) is 115 cm³/mol. The minimum atomic E-state index is -0.993. The first-order valence-corrected chi connectivity index (χ1v) is 10.6. The van der Waals surface area contributed by atoms with Crippen LogP contribution in [0, 0.1) is 11.8 Å². The second-order valence-electron chi connectivity index (χ2n) is 8.70. The number of imidazole rings is 1. The number of phenolic OH excluding ortho intramolecular Hbond substituents is 1. The van der Waals surface area contributed by atoms with Crippen LogP contribution in [0.3, 0.4) is 0 Å². The van der Waals surface area contributed by atoms with Crippen molar-refractivity contribution >= 4 is 5.57 Å². The molecule has 2 aliphatic rings. The van der Waals surface area contributed by atoms with Gasteiger partial charge in [-0.25, -0.2) is 14.4 Å². The highest BCUT2D eigenvalue weighted by atomic mass is 19.1. The quantitative estimate of drug-likeness (QED) is 0.671. The molecular formula is C23H25FN6O. The lowest BCUT2D eigenvalue weighted by Gasteiger charge is -2.45. The highest BCUT2D eigenvalue weighted by Gasteiger charge is 2.43. The molecule has 8 heteroatoms. The van der Waals surface area contributed by atoms with Gasteiger partial charge in [0, 0.05) is 36.5 Å². The van der Waals surface area contributed by atoms with Crippen LogP contribution in [0.2, 0.25) is 0 Å². The van der Waals surface area contributed by atoms with E-state index < -0.39 is 6.17 Å². The van der Waals surface area contributed by atoms with Gasteiger partial charge in [0.2, 0.25) is 0 Å². The zero-order valence-corrected chi connectivity index (χ0v) is 17.3. The third-order valence-electron chi connectivity index (χ3n) is 6.46. The van der Waals surface area contributed by atoms with Crippen LogP contribution in [-0.4, -0.2) is 48.1 Å². The van der Waals surface area contributed by atoms with Crippen molar-refractivity contribution in [1.29, 1.82) is 0 Å². The highest BCUT2D eigenvalue weighted by molar-refractivity contribution is 5.67. The van der Waals surface area contributed by atoms with Gasteiger partial charge >= 0.3 is 0 Å². The fraction of sp³-hybridized carbons (Fsp3) is 0.391. The Morgan fingerprint density at radius 3 is 2.84 bits per heavy atom. The molecule has 2 N–H and O–H groups in total. The number of aromatic nitrogens is 5. The van der Waals surface area contributed by atoms with Gasteiger partial charge in [0.25, 0.3) is 0 Å². The normalized spacial score (nSPS) is 27.7. The summed E-state index contributed by atoms with van der Waals surface area (Å²) in [6.45, 7) is 6.33. The Hall–Kier alpha value is -3.13. The van der Waals surface area contributed by atoms with Crippen LogP contribution < -0.4 is 5.32 Å². The maximum atomic E-state index is 15.1. The smallest absolute Gasteiger partial charge is 0.185 e. The van der Waals surface area contributed by atoms with E-state index in [1.165, 1.54) is 0 Å². The van der Waals surface area contributed by atoms with Crippen LogP contribution >= 0.6 is 0 Å². The Labute approximate surface area is 180 Å². The minimum Gasteiger partial charge on any atom is -0.507 e. The van der Waals surface area contributed by atoms with Crippen molar-refractivity contribution in [3.05, 3.63) is 55.4 Å². The van der Waals surface area contributed by atoms with Gasteiger partial charge in [-0.1, -0.05) is 13.5 Å². The summed E-state index contributed by atoms with van der Waals surface area (Å²) in [6, 6.07) is 5.39. The van der Waals surface area contributed by atoms with Crippen molar-refractivity contribution in [1.82, 2.24) is 30.0 Å². The first-order valence-electron chi connectivity index (χ1n) is 10.6. The predicted octanol–water partition coefficient (Wildman–Crippen LogP) is 3.56. The van der Waals surface area contributed by atoms with Crippen LogP contribution in [-0.2, 0) is 0 Å². The molecule has 2 fully saturated rings. The molecule has 31 heavy (non-hydrogen) atoms. The van der Waals surface area contributed by atoms with Gasteiger partial charge in [-0.3, -0.25) is 0 Å². The number of aromatic hydroxyl groups is 1. The monoisotopic (exact) mass is 420 g/mol. The topological polar surface area (TPSA) is 88.8 Å². The Kier molecular flexibility index (Phi) is 5.02. The average molecular weight is 420 g/mol. The van der Waals surface area contributed by atoms with Crippen molar-refractivity contribution in [2.75, 3.05) is 0 Å². The standard InChI is InChI=1S/C23H25FN6O/c1-13-7-15-9-18(22(24)19(8-13)27-15)14(2)20-11-26-23(29-28-20)17-4-3-16(10-21(17)31)30-6-5-25-12-30/h3-6,10-13,15,18-19,22,27,31H,2,7-9H2,1H3/t13-,15?,18?,19?,22-/m1/s1. The Morgan fingerprint density at radius 1 is 1.26 bits per heavy atom. The molecule has 3 unspecified atom stereocenters. The van der Waals surface area contributed by atoms with Crippen molar-refractivity contribution in [3.8, 4) is 22.8 Å². The van der Waals surface area contributed by atoms with Gasteiger partial charge in [-0.2, -0.15) is 0 Å². The van der Waals surface area contributed by atoms with Crippen LogP contribution in [0.1, 0.15) is 31.9 Å². The van der Waals surface area contributed by atoms with E-state index in [1.54, 1.807) is 41.6 Å². The second-order valence-corrected chi connectivity index (χ2v) is 8.70. The number of alkyl halides is 1. The number of fused-ring (bicyclic) bond motifs is 2. The highest BCUT2D eigenvalue weighted by Crippen LogP contribution is 2.40. The molecule has 0 amide bonds. The molecular weight excluding hydrogens is 395 g/mol. The molecule has 0 radical (unpaired) electrons. The number of benzene rings is 1. The van der Waals surface area contributed by atoms with Crippen molar-refractivity contribution in [2.24, 2.45) is 11.8 Å². The Bertz CT molecular complexity index is 1080. The first kappa shape index (κ1) is 19.8. The fourth-order valence-electron chi connectivity index (χ4n) is 4.91. The molecule has 4 heterocycles. The fourth-order valence-corrected chi connectivity index (χ4v) is 4.91. The van der Waals surface area contributed by atoms with Gasteiger partial charge in [0.15, 0.2) is 5.82 Å². The SMILES string of the molecule is C=C(c1cnc(-c2ccc(-n3ccnc3)cc2O)nn1)C1CC2C[C@@H](C)CC(N2)[C@@H]1F. The lowest BCUT2D eigenvalue weighted by atomic mass is 9.72. The van der Waals surface area contributed by atoms with Crippen LogP contribution in [0.5, 0.6) is 5.75 Å². The molecule has 2 aromatic heterocycles. The minimum absolute atomic E-state index is 0.0451. The Morgan fingerprint density at radius 2 is 2.13 bits per heavy atom. The number of hydrogen-bond acceptors (Lipinski definition) is 6. The number of phenols is 1. The Balaban J connectivity index is 1.35. The molecule has 7 nitrogen and oxygen atoms in total. The summed E-state index contributed by atoms with van der Waals surface area (Å²) in [5, 5.41) is 22.3. The third kappa shape index (κ3) is 3.72. The maximum Gasteiger partial charge on any atom is 0.185 e. The number of rotatable bonds is 4. The third-order valence-corrected chi connectivity index (χ3v) is 6.46. The van der Waals surface area contributed by atoms with E-state index in [4.69, 9.17) is 0 Å². The van der Waals surface area contributed by atoms with E-state index in [1.807, 2.05) is 6.07 Å². The summed E-state index contributed by atoms with van der Waals surface area (Å²) in [5.74, 6) is 0.605. The van der Waals surface area contributed by atoms with Crippen molar-refractivity contribution in [3.63, 3.8) is 0 Å².